The molecule has 4 aromatic rings. The summed E-state index contributed by atoms with van der Waals surface area (Å²) >= 11 is 1.36. The van der Waals surface area contributed by atoms with Gasteiger partial charge in [0.25, 0.3) is 11.8 Å². The van der Waals surface area contributed by atoms with Gasteiger partial charge in [0.1, 0.15) is 17.2 Å². The van der Waals surface area contributed by atoms with E-state index in [1.54, 1.807) is 60.7 Å². The highest BCUT2D eigenvalue weighted by atomic mass is 32.2. The number of anilines is 2. The van der Waals surface area contributed by atoms with E-state index in [1.807, 2.05) is 37.3 Å². The fraction of sp³-hybridized carbons (Fsp3) is 0.182. The van der Waals surface area contributed by atoms with Crippen LogP contribution in [0.3, 0.4) is 0 Å². The molecule has 0 fully saturated rings. The van der Waals surface area contributed by atoms with Crippen LogP contribution in [0, 0.1) is 0 Å². The summed E-state index contributed by atoms with van der Waals surface area (Å²) in [6.07, 6.45) is 5.00. The van der Waals surface area contributed by atoms with Crippen molar-refractivity contribution in [1.82, 2.24) is 5.32 Å². The quantitative estimate of drug-likeness (QED) is 0.0889. The smallest absolute Gasteiger partial charge is 0.272 e. The van der Waals surface area contributed by atoms with Gasteiger partial charge in [0.05, 0.1) is 18.1 Å². The van der Waals surface area contributed by atoms with Crippen LogP contribution in [-0.4, -0.2) is 29.6 Å². The van der Waals surface area contributed by atoms with E-state index in [-0.39, 0.29) is 11.6 Å². The van der Waals surface area contributed by atoms with Crippen molar-refractivity contribution in [3.8, 4) is 5.75 Å². The van der Waals surface area contributed by atoms with Crippen LogP contribution < -0.4 is 20.7 Å². The van der Waals surface area contributed by atoms with Gasteiger partial charge in [-0.05, 0) is 80.1 Å². The topological polar surface area (TPSA) is 110 Å². The lowest BCUT2D eigenvalue weighted by molar-refractivity contribution is -0.115. The Labute approximate surface area is 249 Å². The molecule has 0 aliphatic rings. The average molecular weight is 584 g/mol. The van der Waals surface area contributed by atoms with Crippen LogP contribution in [0.25, 0.3) is 6.08 Å². The van der Waals surface area contributed by atoms with E-state index in [0.717, 1.165) is 23.5 Å². The molecular formula is C33H33N3O5S. The lowest BCUT2D eigenvalue weighted by atomic mass is 10.2. The number of amides is 3. The largest absolute Gasteiger partial charge is 0.494 e. The van der Waals surface area contributed by atoms with Gasteiger partial charge in [-0.25, -0.2) is 0 Å². The maximum atomic E-state index is 13.2. The average Bonchev–Trinajstić information content (AvgIpc) is 3.51. The van der Waals surface area contributed by atoms with Crippen LogP contribution in [0.4, 0.5) is 11.4 Å². The zero-order valence-electron chi connectivity index (χ0n) is 23.5. The highest BCUT2D eigenvalue weighted by Crippen LogP contribution is 2.27. The summed E-state index contributed by atoms with van der Waals surface area (Å²) in [5, 5.41) is 8.03. The maximum absolute atomic E-state index is 13.2. The van der Waals surface area contributed by atoms with Gasteiger partial charge in [0.2, 0.25) is 5.91 Å². The lowest BCUT2D eigenvalue weighted by Gasteiger charge is -2.14. The van der Waals surface area contributed by atoms with Crippen LogP contribution in [0.1, 0.15) is 42.8 Å². The van der Waals surface area contributed by atoms with E-state index in [1.165, 1.54) is 24.1 Å². The summed E-state index contributed by atoms with van der Waals surface area (Å²) in [4.78, 5) is 39.6. The molecule has 9 heteroatoms. The van der Waals surface area contributed by atoms with E-state index < -0.39 is 17.1 Å². The molecule has 1 atom stereocenters. The molecule has 8 nitrogen and oxygen atoms in total. The van der Waals surface area contributed by atoms with E-state index in [0.29, 0.717) is 29.3 Å². The summed E-state index contributed by atoms with van der Waals surface area (Å²) < 4.78 is 11.0. The first-order valence-electron chi connectivity index (χ1n) is 13.6. The minimum atomic E-state index is -0.522. The molecule has 0 aliphatic heterocycles. The van der Waals surface area contributed by atoms with Gasteiger partial charge < -0.3 is 25.1 Å². The number of carbonyl (C=O) groups excluding carboxylic acids is 3. The third-order valence-corrected chi connectivity index (χ3v) is 7.11. The Bertz CT molecular complexity index is 1500. The van der Waals surface area contributed by atoms with Gasteiger partial charge in [-0.1, -0.05) is 37.6 Å². The first-order valence-corrected chi connectivity index (χ1v) is 14.5. The van der Waals surface area contributed by atoms with Crippen LogP contribution in [0.5, 0.6) is 5.75 Å². The lowest BCUT2D eigenvalue weighted by Crippen LogP contribution is -2.30. The van der Waals surface area contributed by atoms with Crippen molar-refractivity contribution in [2.24, 2.45) is 0 Å². The summed E-state index contributed by atoms with van der Waals surface area (Å²) in [5.41, 5.74) is 1.63. The number of hydrogen-bond donors (Lipinski definition) is 3. The molecule has 1 aromatic heterocycles. The number of benzene rings is 3. The Morgan fingerprint density at radius 2 is 1.69 bits per heavy atom. The molecule has 0 saturated heterocycles. The molecule has 3 amide bonds. The Morgan fingerprint density at radius 3 is 2.40 bits per heavy atom. The summed E-state index contributed by atoms with van der Waals surface area (Å²) in [6, 6.07) is 26.5. The van der Waals surface area contributed by atoms with Gasteiger partial charge in [-0.2, -0.15) is 0 Å². The van der Waals surface area contributed by atoms with E-state index in [9.17, 15) is 14.4 Å². The Morgan fingerprint density at radius 1 is 0.905 bits per heavy atom. The Balaban J connectivity index is 1.37. The van der Waals surface area contributed by atoms with Crippen molar-refractivity contribution in [2.45, 2.75) is 36.8 Å². The number of furan rings is 1. The van der Waals surface area contributed by atoms with E-state index in [2.05, 4.69) is 22.9 Å². The van der Waals surface area contributed by atoms with Crippen LogP contribution >= 0.6 is 11.8 Å². The molecule has 0 aliphatic carbocycles. The molecular weight excluding hydrogens is 550 g/mol. The number of rotatable bonds is 13. The molecule has 0 bridgehead atoms. The van der Waals surface area contributed by atoms with Crippen molar-refractivity contribution in [3.63, 3.8) is 0 Å². The second-order valence-corrected chi connectivity index (χ2v) is 10.8. The number of carbonyl (C=O) groups is 3. The fourth-order valence-electron chi connectivity index (χ4n) is 3.77. The number of unbranched alkanes of at least 4 members (excludes halogenated alkanes) is 1. The van der Waals surface area contributed by atoms with Crippen molar-refractivity contribution < 1.29 is 23.5 Å². The van der Waals surface area contributed by atoms with Crippen molar-refractivity contribution in [3.05, 3.63) is 114 Å². The van der Waals surface area contributed by atoms with Crippen LogP contribution in [0.15, 0.2) is 112 Å². The molecule has 4 rings (SSSR count). The molecule has 1 unspecified atom stereocenters. The Kier molecular flexibility index (Phi) is 11.0. The second-order valence-electron chi connectivity index (χ2n) is 9.35. The summed E-state index contributed by atoms with van der Waals surface area (Å²) in [7, 11) is 0. The number of nitrogens with one attached hydrogen (secondary N) is 3. The molecule has 216 valence electrons. The molecule has 42 heavy (non-hydrogen) atoms. The molecule has 3 aromatic carbocycles. The highest BCUT2D eigenvalue weighted by Gasteiger charge is 2.18. The van der Waals surface area contributed by atoms with Gasteiger partial charge in [0, 0.05) is 27.9 Å². The van der Waals surface area contributed by atoms with Gasteiger partial charge in [-0.15, -0.1) is 11.8 Å². The van der Waals surface area contributed by atoms with Crippen molar-refractivity contribution >= 4 is 46.9 Å². The van der Waals surface area contributed by atoms with Crippen molar-refractivity contribution in [2.75, 3.05) is 17.2 Å². The van der Waals surface area contributed by atoms with E-state index >= 15 is 0 Å². The minimum Gasteiger partial charge on any atom is -0.494 e. The SMILES string of the molecule is CCCCOc1ccc(NC(=O)C(C)Sc2cccc(NC(=O)/C(=C/c3ccco3)NC(=O)c3ccccc3)c2)cc1. The van der Waals surface area contributed by atoms with Crippen LogP contribution in [-0.2, 0) is 9.59 Å². The number of thioether (sulfide) groups is 1. The minimum absolute atomic E-state index is 0.0198. The molecule has 1 heterocycles. The maximum Gasteiger partial charge on any atom is 0.272 e. The first kappa shape index (κ1) is 30.2. The first-order chi connectivity index (χ1) is 20.4. The van der Waals surface area contributed by atoms with E-state index in [4.69, 9.17) is 9.15 Å². The summed E-state index contributed by atoms with van der Waals surface area (Å²) in [5.74, 6) is 0.0827. The molecule has 0 saturated carbocycles. The monoisotopic (exact) mass is 583 g/mol. The highest BCUT2D eigenvalue weighted by molar-refractivity contribution is 8.00. The predicted octanol–water partition coefficient (Wildman–Crippen LogP) is 6.99. The Hall–Kier alpha value is -4.76. The number of hydrogen-bond acceptors (Lipinski definition) is 6. The number of ether oxygens (including phenoxy) is 1. The second kappa shape index (κ2) is 15.3. The summed E-state index contributed by atoms with van der Waals surface area (Å²) in [6.45, 7) is 4.59. The molecule has 0 radical (unpaired) electrons. The van der Waals surface area contributed by atoms with Crippen molar-refractivity contribution in [1.29, 1.82) is 0 Å². The normalized spacial score (nSPS) is 11.8. The van der Waals surface area contributed by atoms with Gasteiger partial charge in [-0.3, -0.25) is 14.4 Å². The predicted molar refractivity (Wildman–Crippen MR) is 166 cm³/mol. The van der Waals surface area contributed by atoms with Gasteiger partial charge in [0.15, 0.2) is 0 Å². The standard InChI is InChI=1S/C33H33N3O5S/c1-3-4-19-40-27-17-15-25(16-18-27)34-31(37)23(2)42-29-14-8-12-26(21-29)35-33(39)30(22-28-13-9-20-41-28)36-32(38)24-10-6-5-7-11-24/h5-18,20-23H,3-4,19H2,1-2H3,(H,34,37)(H,35,39)(H,36,38)/b30-22-. The van der Waals surface area contributed by atoms with Crippen LogP contribution in [0.2, 0.25) is 0 Å². The third kappa shape index (κ3) is 9.14. The third-order valence-electron chi connectivity index (χ3n) is 6.02. The fourth-order valence-corrected chi connectivity index (χ4v) is 4.70. The zero-order valence-corrected chi connectivity index (χ0v) is 24.3. The zero-order chi connectivity index (χ0) is 29.7. The molecule has 0 spiro atoms. The van der Waals surface area contributed by atoms with Gasteiger partial charge >= 0.3 is 0 Å². The molecule has 3 N–H and O–H groups in total.